The summed E-state index contributed by atoms with van der Waals surface area (Å²) in [5.74, 6) is 1.30. The molecule has 0 saturated heterocycles. The van der Waals surface area contributed by atoms with Gasteiger partial charge in [-0.15, -0.1) is 0 Å². The summed E-state index contributed by atoms with van der Waals surface area (Å²) >= 11 is 0. The molecule has 7 nitrogen and oxygen atoms in total. The van der Waals surface area contributed by atoms with E-state index >= 15 is 0 Å². The van der Waals surface area contributed by atoms with Crippen molar-refractivity contribution in [3.05, 3.63) is 47.1 Å². The lowest BCUT2D eigenvalue weighted by atomic mass is 9.87. The average Bonchev–Trinajstić information content (AvgIpc) is 3.09. The number of aryl methyl sites for hydroxylation is 1. The number of hydrogen-bond acceptors (Lipinski definition) is 5. The van der Waals surface area contributed by atoms with E-state index in [1.807, 2.05) is 12.1 Å². The second-order valence-electron chi connectivity index (χ2n) is 8.67. The minimum Gasteiger partial charge on any atom is -0.355 e. The van der Waals surface area contributed by atoms with Crippen LogP contribution in [0.1, 0.15) is 68.7 Å². The number of nitrogens with one attached hydrogen (secondary N) is 2. The van der Waals surface area contributed by atoms with E-state index in [9.17, 15) is 9.59 Å². The van der Waals surface area contributed by atoms with Crippen LogP contribution >= 0.6 is 0 Å². The van der Waals surface area contributed by atoms with E-state index in [0.717, 1.165) is 17.8 Å². The fourth-order valence-electron chi connectivity index (χ4n) is 2.75. The van der Waals surface area contributed by atoms with Crippen molar-refractivity contribution < 1.29 is 14.1 Å². The third-order valence-electron chi connectivity index (χ3n) is 4.41. The highest BCUT2D eigenvalue weighted by Crippen LogP contribution is 2.22. The van der Waals surface area contributed by atoms with E-state index < -0.39 is 0 Å². The van der Waals surface area contributed by atoms with Crippen molar-refractivity contribution in [3.63, 3.8) is 0 Å². The monoisotopic (exact) mass is 400 g/mol. The van der Waals surface area contributed by atoms with E-state index in [-0.39, 0.29) is 23.8 Å². The molecule has 158 valence electrons. The van der Waals surface area contributed by atoms with Gasteiger partial charge in [-0.1, -0.05) is 51.9 Å². The second-order valence-corrected chi connectivity index (χ2v) is 8.67. The molecule has 29 heavy (non-hydrogen) atoms. The maximum Gasteiger partial charge on any atom is 0.251 e. The number of aromatic nitrogens is 2. The molecule has 0 atom stereocenters. The first kappa shape index (κ1) is 22.6. The fourth-order valence-corrected chi connectivity index (χ4v) is 2.75. The van der Waals surface area contributed by atoms with Gasteiger partial charge in [-0.25, -0.2) is 0 Å². The molecule has 0 saturated carbocycles. The summed E-state index contributed by atoms with van der Waals surface area (Å²) in [4.78, 5) is 28.4. The molecule has 2 aromatic rings. The maximum atomic E-state index is 12.2. The van der Waals surface area contributed by atoms with Crippen molar-refractivity contribution in [2.75, 3.05) is 13.1 Å². The normalized spacial score (nSPS) is 11.5. The van der Waals surface area contributed by atoms with E-state index in [1.165, 1.54) is 0 Å². The standard InChI is InChI=1S/C22H32N4O3/c1-15(2)13-18-25-20(29-26-18)7-6-12-23-19(27)14-24-21(28)16-8-10-17(11-9-16)22(3,4)5/h8-11,15H,6-7,12-14H2,1-5H3,(H,23,27)(H,24,28). The number of amides is 2. The van der Waals surface area contributed by atoms with E-state index in [4.69, 9.17) is 4.52 Å². The topological polar surface area (TPSA) is 97.1 Å². The lowest BCUT2D eigenvalue weighted by molar-refractivity contribution is -0.120. The summed E-state index contributed by atoms with van der Waals surface area (Å²) in [5, 5.41) is 9.38. The number of hydrogen-bond donors (Lipinski definition) is 2. The molecule has 7 heteroatoms. The molecular weight excluding hydrogens is 368 g/mol. The summed E-state index contributed by atoms with van der Waals surface area (Å²) in [7, 11) is 0. The van der Waals surface area contributed by atoms with Crippen molar-refractivity contribution in [1.29, 1.82) is 0 Å². The molecule has 0 spiro atoms. The molecule has 1 aromatic carbocycles. The van der Waals surface area contributed by atoms with Crippen molar-refractivity contribution in [2.24, 2.45) is 5.92 Å². The summed E-state index contributed by atoms with van der Waals surface area (Å²) in [6, 6.07) is 7.45. The van der Waals surface area contributed by atoms with Crippen LogP contribution in [0.5, 0.6) is 0 Å². The molecular formula is C22H32N4O3. The van der Waals surface area contributed by atoms with Gasteiger partial charge in [-0.05, 0) is 35.4 Å². The van der Waals surface area contributed by atoms with E-state index in [0.29, 0.717) is 36.8 Å². The van der Waals surface area contributed by atoms with Crippen molar-refractivity contribution in [2.45, 2.75) is 59.3 Å². The van der Waals surface area contributed by atoms with Gasteiger partial charge in [0.1, 0.15) is 0 Å². The molecule has 2 N–H and O–H groups in total. The van der Waals surface area contributed by atoms with Crippen LogP contribution in [0.4, 0.5) is 0 Å². The highest BCUT2D eigenvalue weighted by Gasteiger charge is 2.14. The molecule has 0 unspecified atom stereocenters. The van der Waals surface area contributed by atoms with Gasteiger partial charge in [-0.2, -0.15) is 4.98 Å². The van der Waals surface area contributed by atoms with Crippen LogP contribution in [0.2, 0.25) is 0 Å². The van der Waals surface area contributed by atoms with Crippen LogP contribution < -0.4 is 10.6 Å². The van der Waals surface area contributed by atoms with Crippen molar-refractivity contribution in [3.8, 4) is 0 Å². The molecule has 1 heterocycles. The van der Waals surface area contributed by atoms with Crippen molar-refractivity contribution in [1.82, 2.24) is 20.8 Å². The number of nitrogens with zero attached hydrogens (tertiary/aromatic N) is 2. The number of benzene rings is 1. The molecule has 2 rings (SSSR count). The van der Waals surface area contributed by atoms with Gasteiger partial charge in [0, 0.05) is 24.9 Å². The largest absolute Gasteiger partial charge is 0.355 e. The van der Waals surface area contributed by atoms with Gasteiger partial charge in [0.15, 0.2) is 5.82 Å². The van der Waals surface area contributed by atoms with Crippen LogP contribution in [-0.4, -0.2) is 35.0 Å². The van der Waals surface area contributed by atoms with Crippen LogP contribution in [-0.2, 0) is 23.1 Å². The van der Waals surface area contributed by atoms with Crippen LogP contribution in [0.3, 0.4) is 0 Å². The van der Waals surface area contributed by atoms with Gasteiger partial charge >= 0.3 is 0 Å². The molecule has 1 aromatic heterocycles. The van der Waals surface area contributed by atoms with Gasteiger partial charge < -0.3 is 15.2 Å². The first-order chi connectivity index (χ1) is 13.6. The Morgan fingerprint density at radius 2 is 1.79 bits per heavy atom. The van der Waals surface area contributed by atoms with Gasteiger partial charge in [0.25, 0.3) is 5.91 Å². The minimum atomic E-state index is -0.260. The molecule has 0 radical (unpaired) electrons. The van der Waals surface area contributed by atoms with Gasteiger partial charge in [0.05, 0.1) is 6.54 Å². The Balaban J connectivity index is 1.66. The van der Waals surface area contributed by atoms with Gasteiger partial charge in [-0.3, -0.25) is 9.59 Å². The average molecular weight is 401 g/mol. The third kappa shape index (κ3) is 7.68. The lowest BCUT2D eigenvalue weighted by Gasteiger charge is -2.19. The summed E-state index contributed by atoms with van der Waals surface area (Å²) in [6.45, 7) is 11.0. The van der Waals surface area contributed by atoms with Crippen molar-refractivity contribution >= 4 is 11.8 Å². The Hall–Kier alpha value is -2.70. The summed E-state index contributed by atoms with van der Waals surface area (Å²) in [5.41, 5.74) is 1.73. The lowest BCUT2D eigenvalue weighted by Crippen LogP contribution is -2.37. The zero-order valence-corrected chi connectivity index (χ0v) is 18.0. The number of carbonyl (C=O) groups is 2. The van der Waals surface area contributed by atoms with Crippen LogP contribution in [0, 0.1) is 5.92 Å². The van der Waals surface area contributed by atoms with Crippen LogP contribution in [0.15, 0.2) is 28.8 Å². The minimum absolute atomic E-state index is 0.0338. The van der Waals surface area contributed by atoms with Gasteiger partial charge in [0.2, 0.25) is 11.8 Å². The SMILES string of the molecule is CC(C)Cc1noc(CCCNC(=O)CNC(=O)c2ccc(C(C)(C)C)cc2)n1. The summed E-state index contributed by atoms with van der Waals surface area (Å²) in [6.07, 6.45) is 2.09. The first-order valence-electron chi connectivity index (χ1n) is 10.1. The molecule has 0 aliphatic heterocycles. The quantitative estimate of drug-likeness (QED) is 0.631. The van der Waals surface area contributed by atoms with Crippen LogP contribution in [0.25, 0.3) is 0 Å². The first-order valence-corrected chi connectivity index (χ1v) is 10.1. The number of rotatable bonds is 9. The Morgan fingerprint density at radius 1 is 1.10 bits per heavy atom. The molecule has 0 aliphatic carbocycles. The molecule has 0 aliphatic rings. The fraction of sp³-hybridized carbons (Fsp3) is 0.545. The summed E-state index contributed by atoms with van der Waals surface area (Å²) < 4.78 is 5.20. The Morgan fingerprint density at radius 3 is 2.41 bits per heavy atom. The zero-order valence-electron chi connectivity index (χ0n) is 18.0. The Bertz CT molecular complexity index is 804. The number of carbonyl (C=O) groups excluding carboxylic acids is 2. The predicted octanol–water partition coefficient (Wildman–Crippen LogP) is 3.04. The Labute approximate surface area is 172 Å². The second kappa shape index (κ2) is 10.2. The highest BCUT2D eigenvalue weighted by molar-refractivity contribution is 5.96. The molecule has 0 fully saturated rings. The molecule has 2 amide bonds. The van der Waals surface area contributed by atoms with E-state index in [2.05, 4.69) is 55.4 Å². The predicted molar refractivity (Wildman–Crippen MR) is 112 cm³/mol. The molecule has 0 bridgehead atoms. The Kier molecular flexibility index (Phi) is 7.93. The third-order valence-corrected chi connectivity index (χ3v) is 4.41. The highest BCUT2D eigenvalue weighted by atomic mass is 16.5. The van der Waals surface area contributed by atoms with E-state index in [1.54, 1.807) is 12.1 Å². The smallest absolute Gasteiger partial charge is 0.251 e. The zero-order chi connectivity index (χ0) is 21.4. The maximum absolute atomic E-state index is 12.2.